The van der Waals surface area contributed by atoms with Crippen LogP contribution in [0.1, 0.15) is 16.5 Å². The van der Waals surface area contributed by atoms with Crippen LogP contribution >= 0.6 is 34.5 Å². The van der Waals surface area contributed by atoms with E-state index in [0.717, 1.165) is 18.5 Å². The van der Waals surface area contributed by atoms with Crippen LogP contribution in [0.2, 0.25) is 10.0 Å². The van der Waals surface area contributed by atoms with Crippen LogP contribution in [0.4, 0.5) is 0 Å². The molecule has 0 saturated heterocycles. The summed E-state index contributed by atoms with van der Waals surface area (Å²) in [4.78, 5) is 3.63. The topological polar surface area (TPSA) is 29.3 Å². The second-order valence-corrected chi connectivity index (χ2v) is 6.60. The molecule has 0 saturated carbocycles. The van der Waals surface area contributed by atoms with Crippen molar-refractivity contribution in [2.75, 3.05) is 20.1 Å². The highest BCUT2D eigenvalue weighted by atomic mass is 35.5. The molecule has 2 rings (SSSR count). The van der Waals surface area contributed by atoms with Gasteiger partial charge in [0.05, 0.1) is 0 Å². The molecule has 0 amide bonds. The lowest BCUT2D eigenvalue weighted by atomic mass is 10.1. The maximum absolute atomic E-state index is 6.28. The van der Waals surface area contributed by atoms with Crippen molar-refractivity contribution in [1.29, 1.82) is 0 Å². The van der Waals surface area contributed by atoms with Crippen molar-refractivity contribution in [1.82, 2.24) is 4.90 Å². The molecular formula is C15H18Cl2N2S. The number of hydrogen-bond acceptors (Lipinski definition) is 3. The smallest absolute Gasteiger partial charge is 0.0482 e. The van der Waals surface area contributed by atoms with Crippen molar-refractivity contribution in [2.24, 2.45) is 5.73 Å². The van der Waals surface area contributed by atoms with E-state index in [1.807, 2.05) is 12.1 Å². The molecule has 0 fully saturated rings. The van der Waals surface area contributed by atoms with Crippen molar-refractivity contribution in [2.45, 2.75) is 12.5 Å². The number of hydrogen-bond donors (Lipinski definition) is 1. The van der Waals surface area contributed by atoms with E-state index in [0.29, 0.717) is 16.6 Å². The van der Waals surface area contributed by atoms with Crippen molar-refractivity contribution in [3.05, 3.63) is 56.2 Å². The zero-order chi connectivity index (χ0) is 14.5. The molecule has 1 unspecified atom stereocenters. The predicted molar refractivity (Wildman–Crippen MR) is 88.9 cm³/mol. The Kier molecular flexibility index (Phi) is 5.87. The fourth-order valence-electron chi connectivity index (χ4n) is 2.21. The Morgan fingerprint density at radius 1 is 1.30 bits per heavy atom. The fourth-order valence-corrected chi connectivity index (χ4v) is 3.45. The van der Waals surface area contributed by atoms with Gasteiger partial charge in [0, 0.05) is 34.1 Å². The molecule has 108 valence electrons. The van der Waals surface area contributed by atoms with Crippen molar-refractivity contribution in [3.63, 3.8) is 0 Å². The first-order chi connectivity index (χ1) is 9.61. The van der Waals surface area contributed by atoms with Gasteiger partial charge in [-0.2, -0.15) is 0 Å². The van der Waals surface area contributed by atoms with Gasteiger partial charge < -0.3 is 5.73 Å². The molecule has 2 aromatic rings. The molecule has 1 heterocycles. The molecule has 2 N–H and O–H groups in total. The van der Waals surface area contributed by atoms with E-state index in [2.05, 4.69) is 29.5 Å². The van der Waals surface area contributed by atoms with Crippen LogP contribution in [-0.4, -0.2) is 25.0 Å². The molecule has 0 aliphatic heterocycles. The van der Waals surface area contributed by atoms with Crippen molar-refractivity contribution < 1.29 is 0 Å². The van der Waals surface area contributed by atoms with Gasteiger partial charge in [-0.05, 0) is 42.6 Å². The second-order valence-electron chi connectivity index (χ2n) is 4.73. The van der Waals surface area contributed by atoms with E-state index < -0.39 is 0 Å². The number of benzene rings is 1. The minimum atomic E-state index is 0.111. The fraction of sp³-hybridized carbons (Fsp3) is 0.333. The van der Waals surface area contributed by atoms with Gasteiger partial charge in [-0.25, -0.2) is 0 Å². The van der Waals surface area contributed by atoms with Gasteiger partial charge >= 0.3 is 0 Å². The summed E-state index contributed by atoms with van der Waals surface area (Å²) in [6.45, 7) is 1.48. The highest BCUT2D eigenvalue weighted by molar-refractivity contribution is 7.09. The summed E-state index contributed by atoms with van der Waals surface area (Å²) in [5, 5.41) is 3.43. The average Bonchev–Trinajstić information content (AvgIpc) is 2.93. The maximum Gasteiger partial charge on any atom is 0.0482 e. The molecular weight excluding hydrogens is 311 g/mol. The number of thiophene rings is 1. The third-order valence-electron chi connectivity index (χ3n) is 3.37. The highest BCUT2D eigenvalue weighted by Gasteiger charge is 2.18. The van der Waals surface area contributed by atoms with E-state index in [1.54, 1.807) is 17.4 Å². The molecule has 1 aromatic carbocycles. The normalized spacial score (nSPS) is 12.8. The van der Waals surface area contributed by atoms with E-state index in [-0.39, 0.29) is 6.04 Å². The summed E-state index contributed by atoms with van der Waals surface area (Å²) in [7, 11) is 2.08. The monoisotopic (exact) mass is 328 g/mol. The summed E-state index contributed by atoms with van der Waals surface area (Å²) in [6, 6.07) is 9.94. The maximum atomic E-state index is 6.28. The van der Waals surface area contributed by atoms with Gasteiger partial charge in [-0.3, -0.25) is 4.90 Å². The van der Waals surface area contributed by atoms with Crippen LogP contribution in [0, 0.1) is 0 Å². The summed E-state index contributed by atoms with van der Waals surface area (Å²) in [6.07, 6.45) is 1.02. The van der Waals surface area contributed by atoms with Gasteiger partial charge in [0.15, 0.2) is 0 Å². The van der Waals surface area contributed by atoms with E-state index >= 15 is 0 Å². The third-order valence-corrected chi connectivity index (χ3v) is 4.87. The van der Waals surface area contributed by atoms with E-state index in [4.69, 9.17) is 28.9 Å². The molecule has 1 atom stereocenters. The number of nitrogens with zero attached hydrogens (tertiary/aromatic N) is 1. The Morgan fingerprint density at radius 3 is 2.70 bits per heavy atom. The second kappa shape index (κ2) is 7.43. The summed E-state index contributed by atoms with van der Waals surface area (Å²) >= 11 is 14.0. The van der Waals surface area contributed by atoms with Crippen LogP contribution in [-0.2, 0) is 6.42 Å². The molecule has 2 nitrogen and oxygen atoms in total. The standard InChI is InChI=1S/C15H18Cl2N2S/c1-19(7-6-12-3-2-8-20-12)15(10-18)13-5-4-11(16)9-14(13)17/h2-5,8-9,15H,6-7,10,18H2,1H3. The van der Waals surface area contributed by atoms with Crippen LogP contribution < -0.4 is 5.73 Å². The first kappa shape index (κ1) is 15.8. The SMILES string of the molecule is CN(CCc1cccs1)C(CN)c1ccc(Cl)cc1Cl. The number of rotatable bonds is 6. The molecule has 20 heavy (non-hydrogen) atoms. The Morgan fingerprint density at radius 2 is 2.10 bits per heavy atom. The lowest BCUT2D eigenvalue weighted by molar-refractivity contribution is 0.254. The minimum absolute atomic E-state index is 0.111. The summed E-state index contributed by atoms with van der Waals surface area (Å²) in [5.74, 6) is 0. The number of halogens is 2. The van der Waals surface area contributed by atoms with Gasteiger partial charge in [-0.15, -0.1) is 11.3 Å². The van der Waals surface area contributed by atoms with Crippen LogP contribution in [0.3, 0.4) is 0 Å². The first-order valence-electron chi connectivity index (χ1n) is 6.49. The van der Waals surface area contributed by atoms with Gasteiger partial charge in [0.25, 0.3) is 0 Å². The minimum Gasteiger partial charge on any atom is -0.329 e. The Balaban J connectivity index is 2.06. The van der Waals surface area contributed by atoms with E-state index in [1.165, 1.54) is 4.88 Å². The molecule has 0 aliphatic rings. The lowest BCUT2D eigenvalue weighted by Crippen LogP contribution is -2.32. The summed E-state index contributed by atoms with van der Waals surface area (Å²) < 4.78 is 0. The number of likely N-dealkylation sites (N-methyl/N-ethyl adjacent to an activating group) is 1. The molecule has 0 spiro atoms. The highest BCUT2D eigenvalue weighted by Crippen LogP contribution is 2.29. The van der Waals surface area contributed by atoms with Crippen molar-refractivity contribution in [3.8, 4) is 0 Å². The van der Waals surface area contributed by atoms with Crippen LogP contribution in [0.25, 0.3) is 0 Å². The van der Waals surface area contributed by atoms with Crippen LogP contribution in [0.5, 0.6) is 0 Å². The van der Waals surface area contributed by atoms with E-state index in [9.17, 15) is 0 Å². The molecule has 0 radical (unpaired) electrons. The van der Waals surface area contributed by atoms with Gasteiger partial charge in [-0.1, -0.05) is 35.3 Å². The van der Waals surface area contributed by atoms with Crippen LogP contribution in [0.15, 0.2) is 35.7 Å². The molecule has 5 heteroatoms. The Bertz CT molecular complexity index is 543. The molecule has 1 aromatic heterocycles. The number of nitrogens with two attached hydrogens (primary N) is 1. The zero-order valence-electron chi connectivity index (χ0n) is 11.4. The quantitative estimate of drug-likeness (QED) is 0.859. The largest absolute Gasteiger partial charge is 0.329 e. The summed E-state index contributed by atoms with van der Waals surface area (Å²) in [5.41, 5.74) is 6.97. The zero-order valence-corrected chi connectivity index (χ0v) is 13.7. The average molecular weight is 329 g/mol. The predicted octanol–water partition coefficient (Wildman–Crippen LogP) is 4.23. The lowest BCUT2D eigenvalue weighted by Gasteiger charge is -2.28. The first-order valence-corrected chi connectivity index (χ1v) is 8.13. The Labute approximate surface area is 134 Å². The Hall–Kier alpha value is -0.580. The molecule has 0 aliphatic carbocycles. The van der Waals surface area contributed by atoms with Gasteiger partial charge in [0.2, 0.25) is 0 Å². The van der Waals surface area contributed by atoms with Gasteiger partial charge in [0.1, 0.15) is 0 Å². The molecule has 0 bridgehead atoms. The third kappa shape index (κ3) is 3.96. The van der Waals surface area contributed by atoms with Crippen molar-refractivity contribution >= 4 is 34.5 Å².